The number of benzene rings is 1. The zero-order valence-corrected chi connectivity index (χ0v) is 15.8. The fourth-order valence-electron chi connectivity index (χ4n) is 3.55. The summed E-state index contributed by atoms with van der Waals surface area (Å²) in [7, 11) is -3.84. The van der Waals surface area contributed by atoms with Crippen LogP contribution in [0.5, 0.6) is 0 Å². The van der Waals surface area contributed by atoms with Crippen LogP contribution >= 0.6 is 0 Å². The van der Waals surface area contributed by atoms with E-state index in [9.17, 15) is 17.2 Å². The van der Waals surface area contributed by atoms with Crippen LogP contribution in [0.4, 0.5) is 13.2 Å². The molecule has 0 bridgehead atoms. The molecule has 0 saturated carbocycles. The van der Waals surface area contributed by atoms with Gasteiger partial charge in [0.05, 0.1) is 12.3 Å². The molecule has 0 aromatic heterocycles. The summed E-state index contributed by atoms with van der Waals surface area (Å²) in [6.07, 6.45) is 4.55. The number of halogens is 3. The fraction of sp³-hybridized carbons (Fsp3) is 0.474. The number of nitrogens with one attached hydrogen (secondary N) is 2. The van der Waals surface area contributed by atoms with E-state index in [1.807, 2.05) is 35.1 Å². The van der Waals surface area contributed by atoms with Crippen LogP contribution in [-0.2, 0) is 10.0 Å². The Morgan fingerprint density at radius 1 is 1.22 bits per heavy atom. The molecule has 4 nitrogen and oxygen atoms in total. The summed E-state index contributed by atoms with van der Waals surface area (Å²) in [5.74, 6) is -3.59. The number of hydrogen-bond acceptors (Lipinski definition) is 3. The van der Waals surface area contributed by atoms with Gasteiger partial charge in [-0.05, 0) is 24.1 Å². The molecule has 2 N–H and O–H groups in total. The lowest BCUT2D eigenvalue weighted by Crippen LogP contribution is -2.52. The van der Waals surface area contributed by atoms with Crippen LogP contribution in [0.25, 0.3) is 5.57 Å². The Morgan fingerprint density at radius 3 is 2.59 bits per heavy atom. The van der Waals surface area contributed by atoms with E-state index < -0.39 is 40.2 Å². The van der Waals surface area contributed by atoms with Gasteiger partial charge in [-0.2, -0.15) is 0 Å². The summed E-state index contributed by atoms with van der Waals surface area (Å²) in [6.45, 7) is 0.686. The molecule has 1 heterocycles. The van der Waals surface area contributed by atoms with Crippen LogP contribution in [-0.4, -0.2) is 44.4 Å². The van der Waals surface area contributed by atoms with Gasteiger partial charge < -0.3 is 5.32 Å². The lowest BCUT2D eigenvalue weighted by molar-refractivity contribution is -0.00302. The molecule has 1 fully saturated rings. The Morgan fingerprint density at radius 2 is 1.93 bits per heavy atom. The largest absolute Gasteiger partial charge is 0.306 e. The maximum Gasteiger partial charge on any atom is 0.277 e. The highest BCUT2D eigenvalue weighted by Gasteiger charge is 2.53. The monoisotopic (exact) mass is 400 g/mol. The minimum Gasteiger partial charge on any atom is -0.306 e. The molecule has 1 saturated heterocycles. The predicted octanol–water partition coefficient (Wildman–Crippen LogP) is 3.04. The van der Waals surface area contributed by atoms with Gasteiger partial charge in [0, 0.05) is 18.9 Å². The van der Waals surface area contributed by atoms with Crippen LogP contribution in [0, 0.1) is 0 Å². The van der Waals surface area contributed by atoms with E-state index in [0.29, 0.717) is 0 Å². The number of rotatable bonds is 6. The standard InChI is InChI=1S/C19H23F3N2O2S/c1-2-27(25,26)24-17-16(23-13-19(17,21)22)12-18(20)10-6-9-15(11-18)14-7-4-3-5-8-14/h3-10,16-17,23-24H,2,11-13H2,1H3/t16-,17+,18+/m0/s1. The Bertz CT molecular complexity index is 840. The lowest BCUT2D eigenvalue weighted by Gasteiger charge is -2.32. The molecule has 1 aliphatic heterocycles. The molecule has 1 aliphatic carbocycles. The normalized spacial score (nSPS) is 30.3. The smallest absolute Gasteiger partial charge is 0.277 e. The Labute approximate surface area is 157 Å². The van der Waals surface area contributed by atoms with Crippen LogP contribution < -0.4 is 10.0 Å². The molecular formula is C19H23F3N2O2S. The van der Waals surface area contributed by atoms with Gasteiger partial charge in [0.1, 0.15) is 11.7 Å². The maximum atomic E-state index is 15.5. The van der Waals surface area contributed by atoms with E-state index in [0.717, 1.165) is 11.1 Å². The van der Waals surface area contributed by atoms with Crippen LogP contribution in [0.3, 0.4) is 0 Å². The second-order valence-electron chi connectivity index (χ2n) is 7.08. The topological polar surface area (TPSA) is 58.2 Å². The van der Waals surface area contributed by atoms with Gasteiger partial charge in [-0.25, -0.2) is 26.3 Å². The molecule has 3 rings (SSSR count). The van der Waals surface area contributed by atoms with Gasteiger partial charge in [-0.15, -0.1) is 0 Å². The van der Waals surface area contributed by atoms with E-state index in [2.05, 4.69) is 5.32 Å². The molecule has 3 atom stereocenters. The molecule has 0 spiro atoms. The molecular weight excluding hydrogens is 377 g/mol. The minimum absolute atomic E-state index is 0.0461. The Hall–Kier alpha value is -1.64. The molecule has 8 heteroatoms. The minimum atomic E-state index is -3.84. The van der Waals surface area contributed by atoms with Crippen LogP contribution in [0.1, 0.15) is 25.3 Å². The highest BCUT2D eigenvalue weighted by Crippen LogP contribution is 2.39. The molecule has 0 amide bonds. The summed E-state index contributed by atoms with van der Waals surface area (Å²) in [6, 6.07) is 6.62. The quantitative estimate of drug-likeness (QED) is 0.772. The van der Waals surface area contributed by atoms with Crippen molar-refractivity contribution < 1.29 is 21.6 Å². The first kappa shape index (κ1) is 20.1. The number of hydrogen-bond donors (Lipinski definition) is 2. The first-order valence-corrected chi connectivity index (χ1v) is 10.5. The molecule has 1 aromatic rings. The Kier molecular flexibility index (Phi) is 5.52. The summed E-state index contributed by atoms with van der Waals surface area (Å²) < 4.78 is 69.6. The van der Waals surface area contributed by atoms with Gasteiger partial charge in [-0.1, -0.05) is 42.5 Å². The highest BCUT2D eigenvalue weighted by atomic mass is 32.2. The van der Waals surface area contributed by atoms with E-state index >= 15 is 4.39 Å². The number of alkyl halides is 3. The van der Waals surface area contributed by atoms with Gasteiger partial charge in [0.2, 0.25) is 10.0 Å². The van der Waals surface area contributed by atoms with Crippen molar-refractivity contribution in [1.82, 2.24) is 10.0 Å². The summed E-state index contributed by atoms with van der Waals surface area (Å²) in [5, 5.41) is 2.60. The average molecular weight is 400 g/mol. The second kappa shape index (κ2) is 7.41. The van der Waals surface area contributed by atoms with E-state index in [1.54, 1.807) is 12.2 Å². The van der Waals surface area contributed by atoms with Gasteiger partial charge in [-0.3, -0.25) is 0 Å². The first-order valence-electron chi connectivity index (χ1n) is 8.88. The molecule has 148 valence electrons. The van der Waals surface area contributed by atoms with Gasteiger partial charge in [0.25, 0.3) is 5.92 Å². The van der Waals surface area contributed by atoms with Gasteiger partial charge >= 0.3 is 0 Å². The zero-order valence-electron chi connectivity index (χ0n) is 15.0. The van der Waals surface area contributed by atoms with Crippen molar-refractivity contribution >= 4 is 15.6 Å². The van der Waals surface area contributed by atoms with Crippen molar-refractivity contribution in [2.75, 3.05) is 12.3 Å². The summed E-state index contributed by atoms with van der Waals surface area (Å²) >= 11 is 0. The third-order valence-electron chi connectivity index (χ3n) is 5.02. The summed E-state index contributed by atoms with van der Waals surface area (Å²) in [4.78, 5) is 0. The molecule has 2 aliphatic rings. The SMILES string of the molecule is CCS(=O)(=O)N[C@@H]1[C@H](C[C@@]2(F)C=CC=C(c3ccccc3)C2)NCC1(F)F. The van der Waals surface area contributed by atoms with Crippen molar-refractivity contribution in [2.45, 2.75) is 43.4 Å². The van der Waals surface area contributed by atoms with E-state index in [1.165, 1.54) is 13.0 Å². The third-order valence-corrected chi connectivity index (χ3v) is 6.40. The molecule has 0 unspecified atom stereocenters. The zero-order chi connectivity index (χ0) is 19.7. The predicted molar refractivity (Wildman–Crippen MR) is 99.8 cm³/mol. The first-order chi connectivity index (χ1) is 12.6. The third kappa shape index (κ3) is 4.62. The highest BCUT2D eigenvalue weighted by molar-refractivity contribution is 7.89. The maximum absolute atomic E-state index is 15.5. The van der Waals surface area contributed by atoms with Crippen molar-refractivity contribution in [3.63, 3.8) is 0 Å². The average Bonchev–Trinajstić information content (AvgIpc) is 2.89. The second-order valence-corrected chi connectivity index (χ2v) is 9.12. The number of allylic oxidation sites excluding steroid dienone is 4. The summed E-state index contributed by atoms with van der Waals surface area (Å²) in [5.41, 5.74) is -0.193. The van der Waals surface area contributed by atoms with Crippen LogP contribution in [0.15, 0.2) is 48.6 Å². The van der Waals surface area contributed by atoms with E-state index in [4.69, 9.17) is 0 Å². The lowest BCUT2D eigenvalue weighted by atomic mass is 9.82. The van der Waals surface area contributed by atoms with Crippen molar-refractivity contribution in [2.24, 2.45) is 0 Å². The van der Waals surface area contributed by atoms with Crippen LogP contribution in [0.2, 0.25) is 0 Å². The van der Waals surface area contributed by atoms with Crippen molar-refractivity contribution in [3.05, 3.63) is 54.1 Å². The molecule has 27 heavy (non-hydrogen) atoms. The Balaban J connectivity index is 1.77. The van der Waals surface area contributed by atoms with E-state index in [-0.39, 0.29) is 18.6 Å². The fourth-order valence-corrected chi connectivity index (χ4v) is 4.44. The number of sulfonamides is 1. The van der Waals surface area contributed by atoms with Gasteiger partial charge in [0.15, 0.2) is 0 Å². The molecule has 1 aromatic carbocycles. The van der Waals surface area contributed by atoms with Crippen molar-refractivity contribution in [1.29, 1.82) is 0 Å². The van der Waals surface area contributed by atoms with Crippen molar-refractivity contribution in [3.8, 4) is 0 Å². The molecule has 0 radical (unpaired) electrons.